The highest BCUT2D eigenvalue weighted by atomic mass is 79.9. The minimum atomic E-state index is -0.706. The average Bonchev–Trinajstić information content (AvgIpc) is 2.66. The van der Waals surface area contributed by atoms with Crippen LogP contribution in [0, 0.1) is 6.92 Å². The van der Waals surface area contributed by atoms with Gasteiger partial charge in [-0.3, -0.25) is 19.5 Å². The molecule has 104 valence electrons. The van der Waals surface area contributed by atoms with E-state index in [0.717, 1.165) is 10.0 Å². The number of imide groups is 1. The minimum Gasteiger partial charge on any atom is -0.408 e. The lowest BCUT2D eigenvalue weighted by Gasteiger charge is -2.21. The summed E-state index contributed by atoms with van der Waals surface area (Å²) >= 11 is 3.37. The van der Waals surface area contributed by atoms with Crippen LogP contribution in [0.3, 0.4) is 0 Å². The molecule has 0 saturated carbocycles. The average molecular weight is 339 g/mol. The van der Waals surface area contributed by atoms with E-state index >= 15 is 0 Å². The number of oxazole rings is 1. The Morgan fingerprint density at radius 1 is 1.35 bits per heavy atom. The zero-order valence-corrected chi connectivity index (χ0v) is 12.2. The van der Waals surface area contributed by atoms with E-state index in [-0.39, 0.29) is 12.3 Å². The number of hydrogen-bond donors (Lipinski definition) is 1. The fraction of sp³-hybridized carbons (Fsp3) is 0.308. The number of fused-ring (bicyclic) bond motifs is 1. The van der Waals surface area contributed by atoms with Gasteiger partial charge >= 0.3 is 5.76 Å². The SMILES string of the molecule is Cc1cc2c(cc1Br)oc(=O)n2C1CCC(=O)NC1=O. The molecule has 0 bridgehead atoms. The molecule has 20 heavy (non-hydrogen) atoms. The van der Waals surface area contributed by atoms with Gasteiger partial charge in [-0.05, 0) is 31.0 Å². The third-order valence-corrected chi connectivity index (χ3v) is 4.27. The van der Waals surface area contributed by atoms with Crippen LogP contribution in [0.2, 0.25) is 0 Å². The van der Waals surface area contributed by atoms with Crippen molar-refractivity contribution in [3.05, 3.63) is 32.7 Å². The second-order valence-electron chi connectivity index (χ2n) is 4.77. The van der Waals surface area contributed by atoms with Crippen molar-refractivity contribution in [2.24, 2.45) is 0 Å². The standard InChI is InChI=1S/C13H11BrN2O4/c1-6-4-9-10(5-7(6)14)20-13(19)16(9)8-2-3-11(17)15-12(8)18/h4-5,8H,2-3H2,1H3,(H,15,17,18). The summed E-state index contributed by atoms with van der Waals surface area (Å²) in [6.07, 6.45) is 0.513. The molecule has 1 N–H and O–H groups in total. The molecule has 6 nitrogen and oxygen atoms in total. The summed E-state index contributed by atoms with van der Waals surface area (Å²) in [5, 5.41) is 2.25. The van der Waals surface area contributed by atoms with Gasteiger partial charge in [-0.2, -0.15) is 0 Å². The molecule has 2 amide bonds. The number of amides is 2. The van der Waals surface area contributed by atoms with Crippen molar-refractivity contribution >= 4 is 38.8 Å². The molecule has 1 aromatic carbocycles. The van der Waals surface area contributed by atoms with E-state index in [2.05, 4.69) is 21.2 Å². The number of hydrogen-bond acceptors (Lipinski definition) is 4. The number of aromatic nitrogens is 1. The number of carbonyl (C=O) groups is 2. The van der Waals surface area contributed by atoms with Gasteiger partial charge in [0.2, 0.25) is 11.8 Å². The van der Waals surface area contributed by atoms with E-state index in [1.165, 1.54) is 4.57 Å². The van der Waals surface area contributed by atoms with Gasteiger partial charge in [0.15, 0.2) is 5.58 Å². The maximum absolute atomic E-state index is 12.0. The number of nitrogens with zero attached hydrogens (tertiary/aromatic N) is 1. The van der Waals surface area contributed by atoms with Crippen molar-refractivity contribution in [1.82, 2.24) is 9.88 Å². The Kier molecular flexibility index (Phi) is 3.01. The number of piperidine rings is 1. The maximum Gasteiger partial charge on any atom is 0.420 e. The van der Waals surface area contributed by atoms with Gasteiger partial charge in [0.1, 0.15) is 6.04 Å². The monoisotopic (exact) mass is 338 g/mol. The molecule has 0 radical (unpaired) electrons. The van der Waals surface area contributed by atoms with Gasteiger partial charge in [-0.15, -0.1) is 0 Å². The predicted molar refractivity (Wildman–Crippen MR) is 74.3 cm³/mol. The molecule has 0 aliphatic carbocycles. The van der Waals surface area contributed by atoms with Crippen LogP contribution in [0.5, 0.6) is 0 Å². The first-order valence-electron chi connectivity index (χ1n) is 6.12. The van der Waals surface area contributed by atoms with Crippen molar-refractivity contribution in [1.29, 1.82) is 0 Å². The highest BCUT2D eigenvalue weighted by molar-refractivity contribution is 9.10. The molecule has 1 aromatic heterocycles. The second kappa shape index (κ2) is 4.59. The van der Waals surface area contributed by atoms with Crippen LogP contribution in [-0.4, -0.2) is 16.4 Å². The molecular weight excluding hydrogens is 328 g/mol. The Morgan fingerprint density at radius 2 is 2.10 bits per heavy atom. The lowest BCUT2D eigenvalue weighted by atomic mass is 10.1. The van der Waals surface area contributed by atoms with Gasteiger partial charge in [0.25, 0.3) is 0 Å². The number of aryl methyl sites for hydroxylation is 1. The second-order valence-corrected chi connectivity index (χ2v) is 5.63. The predicted octanol–water partition coefficient (Wildman–Crippen LogP) is 1.64. The molecule has 1 saturated heterocycles. The van der Waals surface area contributed by atoms with Gasteiger partial charge < -0.3 is 4.42 Å². The summed E-state index contributed by atoms with van der Waals surface area (Å²) in [5.41, 5.74) is 1.90. The van der Waals surface area contributed by atoms with E-state index in [0.29, 0.717) is 17.5 Å². The van der Waals surface area contributed by atoms with Crippen molar-refractivity contribution in [2.45, 2.75) is 25.8 Å². The number of nitrogens with one attached hydrogen (secondary N) is 1. The van der Waals surface area contributed by atoms with Crippen LogP contribution >= 0.6 is 15.9 Å². The molecule has 1 fully saturated rings. The summed E-state index contributed by atoms with van der Waals surface area (Å²) in [6.45, 7) is 1.88. The van der Waals surface area contributed by atoms with E-state index in [9.17, 15) is 14.4 Å². The number of benzene rings is 1. The summed E-state index contributed by atoms with van der Waals surface area (Å²) < 4.78 is 7.32. The molecule has 1 atom stereocenters. The quantitative estimate of drug-likeness (QED) is 0.801. The zero-order valence-electron chi connectivity index (χ0n) is 10.6. The summed E-state index contributed by atoms with van der Waals surface area (Å²) in [7, 11) is 0. The van der Waals surface area contributed by atoms with Crippen LogP contribution in [0.15, 0.2) is 25.8 Å². The van der Waals surface area contributed by atoms with Crippen LogP contribution in [0.1, 0.15) is 24.4 Å². The normalized spacial score (nSPS) is 19.4. The van der Waals surface area contributed by atoms with Crippen molar-refractivity contribution in [3.63, 3.8) is 0 Å². The van der Waals surface area contributed by atoms with Gasteiger partial charge in [0, 0.05) is 10.9 Å². The van der Waals surface area contributed by atoms with Crippen LogP contribution in [0.4, 0.5) is 0 Å². The van der Waals surface area contributed by atoms with Gasteiger partial charge in [-0.25, -0.2) is 4.79 Å². The summed E-state index contributed by atoms with van der Waals surface area (Å²) in [5.74, 6) is -1.37. The minimum absolute atomic E-state index is 0.213. The molecule has 2 heterocycles. The maximum atomic E-state index is 12.0. The molecule has 2 aromatic rings. The molecule has 0 spiro atoms. The third-order valence-electron chi connectivity index (χ3n) is 3.42. The third kappa shape index (κ3) is 1.98. The van der Waals surface area contributed by atoms with E-state index in [1.807, 2.05) is 6.92 Å². The smallest absolute Gasteiger partial charge is 0.408 e. The van der Waals surface area contributed by atoms with Crippen LogP contribution in [-0.2, 0) is 9.59 Å². The highest BCUT2D eigenvalue weighted by Gasteiger charge is 2.31. The number of rotatable bonds is 1. The number of halogens is 1. The highest BCUT2D eigenvalue weighted by Crippen LogP contribution is 2.27. The van der Waals surface area contributed by atoms with E-state index < -0.39 is 17.7 Å². The molecule has 1 aliphatic heterocycles. The zero-order chi connectivity index (χ0) is 14.4. The molecule has 3 rings (SSSR count). The lowest BCUT2D eigenvalue weighted by Crippen LogP contribution is -2.43. The van der Waals surface area contributed by atoms with Crippen molar-refractivity contribution < 1.29 is 14.0 Å². The topological polar surface area (TPSA) is 81.3 Å². The Hall–Kier alpha value is -1.89. The molecule has 7 heteroatoms. The first-order chi connectivity index (χ1) is 9.47. The van der Waals surface area contributed by atoms with E-state index in [1.54, 1.807) is 12.1 Å². The van der Waals surface area contributed by atoms with Crippen LogP contribution < -0.4 is 11.1 Å². The summed E-state index contributed by atoms with van der Waals surface area (Å²) in [4.78, 5) is 35.1. The first kappa shape index (κ1) is 13.1. The molecule has 1 aliphatic rings. The molecular formula is C13H11BrN2O4. The fourth-order valence-electron chi connectivity index (χ4n) is 2.38. The van der Waals surface area contributed by atoms with Crippen molar-refractivity contribution in [3.8, 4) is 0 Å². The van der Waals surface area contributed by atoms with Gasteiger partial charge in [-0.1, -0.05) is 15.9 Å². The van der Waals surface area contributed by atoms with Crippen LogP contribution in [0.25, 0.3) is 11.1 Å². The Morgan fingerprint density at radius 3 is 2.80 bits per heavy atom. The molecule has 1 unspecified atom stereocenters. The summed E-state index contributed by atoms with van der Waals surface area (Å²) in [6, 6.07) is 2.78. The van der Waals surface area contributed by atoms with Crippen molar-refractivity contribution in [2.75, 3.05) is 0 Å². The lowest BCUT2D eigenvalue weighted by molar-refractivity contribution is -0.135. The fourth-order valence-corrected chi connectivity index (χ4v) is 2.71. The largest absolute Gasteiger partial charge is 0.420 e. The van der Waals surface area contributed by atoms with E-state index in [4.69, 9.17) is 4.42 Å². The Labute approximate surface area is 121 Å². The Balaban J connectivity index is 2.18. The first-order valence-corrected chi connectivity index (χ1v) is 6.91. The number of carbonyl (C=O) groups excluding carboxylic acids is 2. The van der Waals surface area contributed by atoms with Gasteiger partial charge in [0.05, 0.1) is 5.52 Å². The Bertz CT molecular complexity index is 790.